The second-order valence-corrected chi connectivity index (χ2v) is 8.60. The van der Waals surface area contributed by atoms with Crippen LogP contribution in [0.3, 0.4) is 0 Å². The van der Waals surface area contributed by atoms with Crippen molar-refractivity contribution < 1.29 is 14.3 Å². The molecule has 2 aromatic heterocycles. The molecule has 1 fully saturated rings. The van der Waals surface area contributed by atoms with Crippen LogP contribution in [0.4, 0.5) is 0 Å². The van der Waals surface area contributed by atoms with Gasteiger partial charge in [0.1, 0.15) is 10.7 Å². The highest BCUT2D eigenvalue weighted by atomic mass is 32.1. The highest BCUT2D eigenvalue weighted by Crippen LogP contribution is 2.24. The van der Waals surface area contributed by atoms with E-state index in [1.54, 1.807) is 32.1 Å². The summed E-state index contributed by atoms with van der Waals surface area (Å²) in [5.74, 6) is -0.450. The lowest BCUT2D eigenvalue weighted by Gasteiger charge is -2.34. The van der Waals surface area contributed by atoms with Gasteiger partial charge in [0.05, 0.1) is 28.9 Å². The Labute approximate surface area is 179 Å². The van der Waals surface area contributed by atoms with E-state index in [1.165, 1.54) is 4.70 Å². The molecular weight excluding hydrogens is 400 g/mol. The Kier molecular flexibility index (Phi) is 5.87. The lowest BCUT2D eigenvalue weighted by atomic mass is 10.1. The number of aromatic amines is 1. The van der Waals surface area contributed by atoms with Crippen molar-refractivity contribution in [2.75, 3.05) is 32.8 Å². The Hall–Kier alpha value is -2.71. The van der Waals surface area contributed by atoms with E-state index in [1.807, 2.05) is 23.1 Å². The van der Waals surface area contributed by atoms with Crippen LogP contribution in [0, 0.1) is 13.8 Å². The van der Waals surface area contributed by atoms with Crippen molar-refractivity contribution in [3.05, 3.63) is 51.8 Å². The number of H-pyrrole nitrogens is 1. The van der Waals surface area contributed by atoms with Gasteiger partial charge < -0.3 is 14.6 Å². The second-order valence-electron chi connectivity index (χ2n) is 7.49. The quantitative estimate of drug-likeness (QED) is 0.633. The molecule has 0 atom stereocenters. The van der Waals surface area contributed by atoms with Crippen LogP contribution in [0.5, 0.6) is 0 Å². The third kappa shape index (κ3) is 3.97. The third-order valence-electron chi connectivity index (χ3n) is 5.49. The second kappa shape index (κ2) is 8.57. The van der Waals surface area contributed by atoms with Crippen molar-refractivity contribution in [1.82, 2.24) is 19.8 Å². The first-order valence-corrected chi connectivity index (χ1v) is 11.0. The van der Waals surface area contributed by atoms with Crippen LogP contribution in [0.1, 0.15) is 44.0 Å². The van der Waals surface area contributed by atoms with Crippen LogP contribution in [0.2, 0.25) is 0 Å². The monoisotopic (exact) mass is 426 g/mol. The fraction of sp³-hybridized carbons (Fsp3) is 0.409. The number of carbonyl (C=O) groups is 2. The number of hydrogen-bond donors (Lipinski definition) is 1. The molecular formula is C22H26N4O3S. The van der Waals surface area contributed by atoms with Gasteiger partial charge in [-0.1, -0.05) is 12.1 Å². The number of nitrogens with zero attached hydrogens (tertiary/aromatic N) is 3. The molecule has 7 nitrogen and oxygen atoms in total. The van der Waals surface area contributed by atoms with E-state index in [-0.39, 0.29) is 11.9 Å². The fourth-order valence-corrected chi connectivity index (χ4v) is 4.93. The number of ether oxygens (including phenoxy) is 1. The largest absolute Gasteiger partial charge is 0.462 e. The predicted molar refractivity (Wildman–Crippen MR) is 117 cm³/mol. The molecule has 0 radical (unpaired) electrons. The van der Waals surface area contributed by atoms with Crippen LogP contribution in [0.15, 0.2) is 24.3 Å². The van der Waals surface area contributed by atoms with Gasteiger partial charge in [0.25, 0.3) is 5.91 Å². The number of benzene rings is 1. The first kappa shape index (κ1) is 20.6. The summed E-state index contributed by atoms with van der Waals surface area (Å²) in [6, 6.07) is 8.18. The Morgan fingerprint density at radius 3 is 2.60 bits per heavy atom. The lowest BCUT2D eigenvalue weighted by molar-refractivity contribution is 0.0525. The number of esters is 1. The molecule has 3 aromatic rings. The molecule has 0 unspecified atom stereocenters. The van der Waals surface area contributed by atoms with Crippen LogP contribution < -0.4 is 0 Å². The summed E-state index contributed by atoms with van der Waals surface area (Å²) in [5.41, 5.74) is 3.32. The zero-order chi connectivity index (χ0) is 21.3. The van der Waals surface area contributed by atoms with Gasteiger partial charge >= 0.3 is 5.97 Å². The van der Waals surface area contributed by atoms with Crippen molar-refractivity contribution in [3.8, 4) is 0 Å². The molecule has 1 amide bonds. The molecule has 1 aromatic carbocycles. The van der Waals surface area contributed by atoms with E-state index in [9.17, 15) is 9.59 Å². The van der Waals surface area contributed by atoms with Crippen LogP contribution in [-0.2, 0) is 11.3 Å². The molecule has 0 bridgehead atoms. The molecule has 3 heterocycles. The number of para-hydroxylation sites is 1. The van der Waals surface area contributed by atoms with E-state index in [0.29, 0.717) is 42.2 Å². The summed E-state index contributed by atoms with van der Waals surface area (Å²) in [4.78, 5) is 37.3. The van der Waals surface area contributed by atoms with Gasteiger partial charge in [-0.05, 0) is 38.5 Å². The minimum atomic E-state index is -0.386. The van der Waals surface area contributed by atoms with Gasteiger partial charge in [-0.2, -0.15) is 0 Å². The van der Waals surface area contributed by atoms with E-state index in [4.69, 9.17) is 9.72 Å². The summed E-state index contributed by atoms with van der Waals surface area (Å²) >= 11 is 1.73. The normalized spacial score (nSPS) is 15.0. The zero-order valence-corrected chi connectivity index (χ0v) is 18.3. The highest BCUT2D eigenvalue weighted by Gasteiger charge is 2.28. The number of aromatic nitrogens is 2. The van der Waals surface area contributed by atoms with E-state index in [0.717, 1.165) is 30.2 Å². The molecule has 1 aliphatic heterocycles. The fourth-order valence-electron chi connectivity index (χ4n) is 3.92. The molecule has 0 spiro atoms. The standard InChI is InChI=1S/C22H26N4O3S/c1-4-29-22(28)19-14(2)20(23-15(19)3)21(27)26-11-9-25(10-12-26)13-18-24-16-7-5-6-8-17(16)30-18/h5-8,23H,4,9-13H2,1-3H3. The molecule has 1 saturated heterocycles. The molecule has 0 saturated carbocycles. The summed E-state index contributed by atoms with van der Waals surface area (Å²) in [6.07, 6.45) is 0. The van der Waals surface area contributed by atoms with Gasteiger partial charge in [-0.3, -0.25) is 9.69 Å². The smallest absolute Gasteiger partial charge is 0.340 e. The number of rotatable bonds is 5. The number of carbonyl (C=O) groups excluding carboxylic acids is 2. The highest BCUT2D eigenvalue weighted by molar-refractivity contribution is 7.18. The van der Waals surface area contributed by atoms with E-state index < -0.39 is 0 Å². The van der Waals surface area contributed by atoms with Gasteiger partial charge in [-0.15, -0.1) is 11.3 Å². The summed E-state index contributed by atoms with van der Waals surface area (Å²) in [7, 11) is 0. The molecule has 1 aliphatic rings. The van der Waals surface area contributed by atoms with Gasteiger partial charge in [0, 0.05) is 31.9 Å². The number of thiazole rings is 1. The average Bonchev–Trinajstić information content (AvgIpc) is 3.27. The lowest BCUT2D eigenvalue weighted by Crippen LogP contribution is -2.48. The van der Waals surface area contributed by atoms with Gasteiger partial charge in [0.15, 0.2) is 0 Å². The maximum Gasteiger partial charge on any atom is 0.340 e. The van der Waals surface area contributed by atoms with Crippen LogP contribution in [-0.4, -0.2) is 64.4 Å². The number of hydrogen-bond acceptors (Lipinski definition) is 6. The number of piperazine rings is 1. The van der Waals surface area contributed by atoms with Crippen molar-refractivity contribution in [2.24, 2.45) is 0 Å². The first-order chi connectivity index (χ1) is 14.5. The van der Waals surface area contributed by atoms with Crippen LogP contribution >= 0.6 is 11.3 Å². The zero-order valence-electron chi connectivity index (χ0n) is 17.5. The Bertz CT molecular complexity index is 1050. The maximum atomic E-state index is 13.1. The summed E-state index contributed by atoms with van der Waals surface area (Å²) in [5, 5.41) is 1.10. The number of aryl methyl sites for hydroxylation is 1. The van der Waals surface area contributed by atoms with Crippen molar-refractivity contribution in [2.45, 2.75) is 27.3 Å². The minimum absolute atomic E-state index is 0.0641. The van der Waals surface area contributed by atoms with Gasteiger partial charge in [0.2, 0.25) is 0 Å². The molecule has 8 heteroatoms. The van der Waals surface area contributed by atoms with Crippen molar-refractivity contribution in [3.63, 3.8) is 0 Å². The Morgan fingerprint density at radius 1 is 1.17 bits per heavy atom. The SMILES string of the molecule is CCOC(=O)c1c(C)[nH]c(C(=O)N2CCN(Cc3nc4ccccc4s3)CC2)c1C. The summed E-state index contributed by atoms with van der Waals surface area (Å²) < 4.78 is 6.33. The predicted octanol–water partition coefficient (Wildman–Crippen LogP) is 3.38. The topological polar surface area (TPSA) is 78.5 Å². The maximum absolute atomic E-state index is 13.1. The van der Waals surface area contributed by atoms with E-state index in [2.05, 4.69) is 16.0 Å². The molecule has 0 aliphatic carbocycles. The third-order valence-corrected chi connectivity index (χ3v) is 6.51. The molecule has 30 heavy (non-hydrogen) atoms. The number of nitrogens with one attached hydrogen (secondary N) is 1. The molecule has 158 valence electrons. The van der Waals surface area contributed by atoms with Crippen molar-refractivity contribution >= 4 is 33.4 Å². The number of fused-ring (bicyclic) bond motifs is 1. The molecule has 4 rings (SSSR count). The van der Waals surface area contributed by atoms with Gasteiger partial charge in [-0.25, -0.2) is 9.78 Å². The number of amides is 1. The van der Waals surface area contributed by atoms with Crippen LogP contribution in [0.25, 0.3) is 10.2 Å². The minimum Gasteiger partial charge on any atom is -0.462 e. The molecule has 1 N–H and O–H groups in total. The summed E-state index contributed by atoms with van der Waals surface area (Å²) in [6.45, 7) is 9.37. The average molecular weight is 427 g/mol. The van der Waals surface area contributed by atoms with Crippen molar-refractivity contribution in [1.29, 1.82) is 0 Å². The van der Waals surface area contributed by atoms with E-state index >= 15 is 0 Å². The first-order valence-electron chi connectivity index (χ1n) is 10.2. The Balaban J connectivity index is 1.39. The Morgan fingerprint density at radius 2 is 1.90 bits per heavy atom.